The quantitative estimate of drug-likeness (QED) is 0.273. The molecule has 0 bridgehead atoms. The van der Waals surface area contributed by atoms with Gasteiger partial charge in [-0.3, -0.25) is 5.32 Å². The molecule has 16 heteroatoms. The van der Waals surface area contributed by atoms with Crippen molar-refractivity contribution in [2.75, 3.05) is 32.5 Å². The number of urea groups is 1. The van der Waals surface area contributed by atoms with Crippen molar-refractivity contribution in [1.29, 1.82) is 0 Å². The summed E-state index contributed by atoms with van der Waals surface area (Å²) in [5.74, 6) is -3.58. The molecule has 0 saturated carbocycles. The Morgan fingerprint density at radius 2 is 1.82 bits per heavy atom. The number of likely N-dealkylation sites (N-methyl/N-ethyl adjacent to an activating group) is 1. The van der Waals surface area contributed by atoms with Crippen molar-refractivity contribution >= 4 is 35.1 Å². The minimum absolute atomic E-state index is 0.0520. The number of nitrogens with zero attached hydrogens (tertiary/aromatic N) is 4. The largest absolute Gasteiger partial charge is 0.478 e. The zero-order chi connectivity index (χ0) is 29.8. The standard InChI is InChI=1S/C24H25F3N6O6S/c1-5-28-23(38)32-18-17(22(36)37)16(20-31-15(10-40-20)24(25,26)27)14(8-29-18)13-6-12(21(34)35)7-30-19(13)39-11(2)9-33(3)4/h6-8,10-11H,5,9H2,1-4H3,(H,34,35)(H,36,37)(H2,28,29,32,38). The van der Waals surface area contributed by atoms with Gasteiger partial charge in [0, 0.05) is 47.6 Å². The molecule has 0 aliphatic carbocycles. The van der Waals surface area contributed by atoms with Gasteiger partial charge in [-0.25, -0.2) is 29.3 Å². The summed E-state index contributed by atoms with van der Waals surface area (Å²) in [5, 5.41) is 24.8. The maximum atomic E-state index is 13.4. The molecule has 0 spiro atoms. The summed E-state index contributed by atoms with van der Waals surface area (Å²) in [6.07, 6.45) is -3.19. The number of carboxylic acid groups (broad SMARTS) is 2. The van der Waals surface area contributed by atoms with Crippen LogP contribution >= 0.6 is 11.3 Å². The Labute approximate surface area is 229 Å². The average Bonchev–Trinajstić information content (AvgIpc) is 3.34. The number of carboxylic acids is 2. The number of amides is 2. The second-order valence-electron chi connectivity index (χ2n) is 8.67. The number of rotatable bonds is 10. The SMILES string of the molecule is CCNC(=O)Nc1ncc(-c2cc(C(=O)O)cnc2OC(C)CN(C)C)c(-c2nc(C(F)(F)F)cs2)c1C(=O)O. The summed E-state index contributed by atoms with van der Waals surface area (Å²) in [6.45, 7) is 3.95. The molecule has 0 saturated heterocycles. The van der Waals surface area contributed by atoms with Gasteiger partial charge in [0.05, 0.1) is 5.56 Å². The molecule has 3 heterocycles. The number of ether oxygens (including phenoxy) is 1. The number of thiazole rings is 1. The van der Waals surface area contributed by atoms with Crippen LogP contribution in [-0.2, 0) is 6.18 Å². The number of anilines is 1. The van der Waals surface area contributed by atoms with E-state index in [1.165, 1.54) is 0 Å². The number of carbonyl (C=O) groups is 3. The first kappa shape index (κ1) is 30.2. The van der Waals surface area contributed by atoms with Crippen LogP contribution in [0.5, 0.6) is 5.88 Å². The maximum Gasteiger partial charge on any atom is 0.434 e. The zero-order valence-electron chi connectivity index (χ0n) is 21.7. The summed E-state index contributed by atoms with van der Waals surface area (Å²) < 4.78 is 46.2. The van der Waals surface area contributed by atoms with Gasteiger partial charge in [-0.15, -0.1) is 11.3 Å². The van der Waals surface area contributed by atoms with Crippen LogP contribution in [0.1, 0.15) is 40.3 Å². The predicted molar refractivity (Wildman–Crippen MR) is 139 cm³/mol. The first-order valence-corrected chi connectivity index (χ1v) is 12.5. The summed E-state index contributed by atoms with van der Waals surface area (Å²) in [6, 6.07) is 0.344. The molecule has 214 valence electrons. The van der Waals surface area contributed by atoms with Gasteiger partial charge in [-0.1, -0.05) is 0 Å². The molecule has 2 amide bonds. The van der Waals surface area contributed by atoms with E-state index in [9.17, 15) is 37.8 Å². The molecule has 0 aliphatic heterocycles. The number of alkyl halides is 3. The lowest BCUT2D eigenvalue weighted by molar-refractivity contribution is -0.140. The summed E-state index contributed by atoms with van der Waals surface area (Å²) in [5.41, 5.74) is -2.75. The van der Waals surface area contributed by atoms with Crippen LogP contribution in [0.4, 0.5) is 23.8 Å². The molecule has 3 aromatic heterocycles. The highest BCUT2D eigenvalue weighted by atomic mass is 32.1. The highest BCUT2D eigenvalue weighted by Gasteiger charge is 2.35. The molecule has 0 fully saturated rings. The van der Waals surface area contributed by atoms with Crippen LogP contribution < -0.4 is 15.4 Å². The topological polar surface area (TPSA) is 167 Å². The minimum atomic E-state index is -4.83. The molecule has 0 radical (unpaired) electrons. The number of aromatic carboxylic acids is 2. The van der Waals surface area contributed by atoms with E-state index in [4.69, 9.17) is 4.74 Å². The lowest BCUT2D eigenvalue weighted by Crippen LogP contribution is -2.29. The Bertz CT molecular complexity index is 1430. The molecule has 4 N–H and O–H groups in total. The predicted octanol–water partition coefficient (Wildman–Crippen LogP) is 4.15. The molecule has 1 unspecified atom stereocenters. The van der Waals surface area contributed by atoms with Crippen LogP contribution in [0, 0.1) is 0 Å². The monoisotopic (exact) mass is 582 g/mol. The van der Waals surface area contributed by atoms with E-state index < -0.39 is 47.3 Å². The molecular formula is C24H25F3N6O6S. The molecule has 40 heavy (non-hydrogen) atoms. The third kappa shape index (κ3) is 7.01. The molecule has 0 aliphatic rings. The Morgan fingerprint density at radius 1 is 1.12 bits per heavy atom. The van der Waals surface area contributed by atoms with Gasteiger partial charge >= 0.3 is 24.1 Å². The van der Waals surface area contributed by atoms with Crippen LogP contribution in [0.15, 0.2) is 23.8 Å². The van der Waals surface area contributed by atoms with Gasteiger partial charge in [-0.05, 0) is 34.0 Å². The molecule has 3 aromatic rings. The van der Waals surface area contributed by atoms with Crippen LogP contribution in [0.2, 0.25) is 0 Å². The second-order valence-corrected chi connectivity index (χ2v) is 9.53. The maximum absolute atomic E-state index is 13.4. The Hall–Kier alpha value is -4.31. The number of pyridine rings is 2. The van der Waals surface area contributed by atoms with Gasteiger partial charge in [0.1, 0.15) is 22.5 Å². The number of halogens is 3. The second kappa shape index (κ2) is 12.3. The third-order valence-corrected chi connectivity index (χ3v) is 6.05. The summed E-state index contributed by atoms with van der Waals surface area (Å²) in [4.78, 5) is 50.0. The Kier molecular flexibility index (Phi) is 9.26. The number of nitrogens with one attached hydrogen (secondary N) is 2. The van der Waals surface area contributed by atoms with E-state index in [0.29, 0.717) is 23.3 Å². The Morgan fingerprint density at radius 3 is 2.38 bits per heavy atom. The third-order valence-electron chi connectivity index (χ3n) is 5.19. The van der Waals surface area contributed by atoms with E-state index >= 15 is 0 Å². The zero-order valence-corrected chi connectivity index (χ0v) is 22.5. The van der Waals surface area contributed by atoms with Crippen molar-refractivity contribution in [2.24, 2.45) is 0 Å². The molecule has 3 rings (SSSR count). The number of aromatic nitrogens is 3. The van der Waals surface area contributed by atoms with Gasteiger partial charge in [0.2, 0.25) is 5.88 Å². The first-order chi connectivity index (χ1) is 18.7. The van der Waals surface area contributed by atoms with Crippen LogP contribution in [0.3, 0.4) is 0 Å². The van der Waals surface area contributed by atoms with Crippen molar-refractivity contribution in [3.05, 3.63) is 40.7 Å². The number of hydrogen-bond acceptors (Lipinski definition) is 9. The molecule has 12 nitrogen and oxygen atoms in total. The summed E-state index contributed by atoms with van der Waals surface area (Å²) >= 11 is 0.512. The van der Waals surface area contributed by atoms with Crippen molar-refractivity contribution in [3.63, 3.8) is 0 Å². The van der Waals surface area contributed by atoms with E-state index in [-0.39, 0.29) is 39.7 Å². The summed E-state index contributed by atoms with van der Waals surface area (Å²) in [7, 11) is 3.59. The lowest BCUT2D eigenvalue weighted by Gasteiger charge is -2.21. The van der Waals surface area contributed by atoms with Crippen LogP contribution in [0.25, 0.3) is 21.7 Å². The highest BCUT2D eigenvalue weighted by Crippen LogP contribution is 2.43. The highest BCUT2D eigenvalue weighted by molar-refractivity contribution is 7.13. The number of carbonyl (C=O) groups excluding carboxylic acids is 1. The smallest absolute Gasteiger partial charge is 0.434 e. The van der Waals surface area contributed by atoms with E-state index in [2.05, 4.69) is 25.6 Å². The average molecular weight is 583 g/mol. The minimum Gasteiger partial charge on any atom is -0.478 e. The fourth-order valence-corrected chi connectivity index (χ4v) is 4.56. The fraction of sp³-hybridized carbons (Fsp3) is 0.333. The number of hydrogen-bond donors (Lipinski definition) is 4. The molecular weight excluding hydrogens is 557 g/mol. The van der Waals surface area contributed by atoms with Gasteiger partial charge in [0.25, 0.3) is 0 Å². The van der Waals surface area contributed by atoms with E-state index in [1.807, 2.05) is 4.90 Å². The van der Waals surface area contributed by atoms with Gasteiger partial charge < -0.3 is 25.2 Å². The lowest BCUT2D eigenvalue weighted by atomic mass is 9.97. The van der Waals surface area contributed by atoms with Crippen molar-refractivity contribution in [2.45, 2.75) is 26.1 Å². The van der Waals surface area contributed by atoms with E-state index in [0.717, 1.165) is 18.5 Å². The van der Waals surface area contributed by atoms with E-state index in [1.54, 1.807) is 27.9 Å². The fourth-order valence-electron chi connectivity index (χ4n) is 3.67. The Balaban J connectivity index is 2.37. The first-order valence-electron chi connectivity index (χ1n) is 11.6. The van der Waals surface area contributed by atoms with Crippen molar-refractivity contribution in [1.82, 2.24) is 25.2 Å². The van der Waals surface area contributed by atoms with Gasteiger partial charge in [0.15, 0.2) is 5.69 Å². The van der Waals surface area contributed by atoms with Crippen LogP contribution in [-0.4, -0.2) is 81.3 Å². The molecule has 0 aromatic carbocycles. The van der Waals surface area contributed by atoms with Crippen molar-refractivity contribution in [3.8, 4) is 27.6 Å². The van der Waals surface area contributed by atoms with Gasteiger partial charge in [-0.2, -0.15) is 13.2 Å². The van der Waals surface area contributed by atoms with Crippen molar-refractivity contribution < 1.29 is 42.5 Å². The normalized spacial score (nSPS) is 12.2. The molecule has 1 atom stereocenters.